The highest BCUT2D eigenvalue weighted by molar-refractivity contribution is 7.99. The summed E-state index contributed by atoms with van der Waals surface area (Å²) in [6.07, 6.45) is 0.444. The molecule has 4 nitrogen and oxygen atoms in total. The van der Waals surface area contributed by atoms with E-state index in [-0.39, 0.29) is 16.7 Å². The fraction of sp³-hybridized carbons (Fsp3) is 0.158. The summed E-state index contributed by atoms with van der Waals surface area (Å²) in [5, 5.41) is 10.4. The molecular weight excluding hydrogens is 320 g/mol. The molecule has 0 amide bonds. The Labute approximate surface area is 144 Å². The van der Waals surface area contributed by atoms with Gasteiger partial charge in [0.1, 0.15) is 0 Å². The number of H-pyrrole nitrogens is 1. The molecule has 0 unspecified atom stereocenters. The Hall–Kier alpha value is -2.53. The molecule has 0 aliphatic rings. The molecule has 0 spiro atoms. The zero-order valence-corrected chi connectivity index (χ0v) is 14.1. The van der Waals surface area contributed by atoms with Gasteiger partial charge in [-0.2, -0.15) is 4.98 Å². The number of hydrogen-bond acceptors (Lipinski definition) is 4. The van der Waals surface area contributed by atoms with Crippen LogP contribution < -0.4 is 5.56 Å². The first-order chi connectivity index (χ1) is 11.7. The second-order valence-electron chi connectivity index (χ2n) is 5.35. The van der Waals surface area contributed by atoms with Gasteiger partial charge < -0.3 is 10.1 Å². The average molecular weight is 338 g/mol. The Kier molecular flexibility index (Phi) is 5.01. The molecule has 0 radical (unpaired) electrons. The quantitative estimate of drug-likeness (QED) is 0.547. The normalized spacial score (nSPS) is 10.9. The van der Waals surface area contributed by atoms with E-state index in [1.807, 2.05) is 67.6 Å². The standard InChI is InChI=1S/C19H18N2O2S/c1-2-15-17(22)20-19(21-18(15)23)24-16(13-9-5-3-6-10-13)14-11-7-4-8-12-14/h3-12,16H,2H2,1H3,(H2,20,21,22,23). The van der Waals surface area contributed by atoms with Gasteiger partial charge in [0, 0.05) is 0 Å². The third kappa shape index (κ3) is 3.51. The molecule has 0 bridgehead atoms. The summed E-state index contributed by atoms with van der Waals surface area (Å²) in [6, 6.07) is 20.1. The van der Waals surface area contributed by atoms with Crippen LogP contribution in [0.2, 0.25) is 0 Å². The highest BCUT2D eigenvalue weighted by Gasteiger charge is 2.18. The van der Waals surface area contributed by atoms with Crippen molar-refractivity contribution in [1.82, 2.24) is 9.97 Å². The van der Waals surface area contributed by atoms with Gasteiger partial charge in [0.15, 0.2) is 5.16 Å². The molecule has 0 aliphatic carbocycles. The van der Waals surface area contributed by atoms with Gasteiger partial charge in [-0.05, 0) is 17.5 Å². The Morgan fingerprint density at radius 3 is 2.04 bits per heavy atom. The molecule has 2 aromatic carbocycles. The number of thioether (sulfide) groups is 1. The molecule has 5 heteroatoms. The van der Waals surface area contributed by atoms with Crippen molar-refractivity contribution in [3.05, 3.63) is 87.7 Å². The van der Waals surface area contributed by atoms with Gasteiger partial charge in [-0.3, -0.25) is 4.79 Å². The van der Waals surface area contributed by atoms with Crippen LogP contribution in [0.3, 0.4) is 0 Å². The van der Waals surface area contributed by atoms with E-state index in [9.17, 15) is 9.90 Å². The second-order valence-corrected chi connectivity index (χ2v) is 6.44. The van der Waals surface area contributed by atoms with Gasteiger partial charge in [-0.15, -0.1) is 0 Å². The van der Waals surface area contributed by atoms with Gasteiger partial charge in [-0.1, -0.05) is 79.3 Å². The van der Waals surface area contributed by atoms with E-state index in [0.29, 0.717) is 17.1 Å². The van der Waals surface area contributed by atoms with Gasteiger partial charge >= 0.3 is 0 Å². The summed E-state index contributed by atoms with van der Waals surface area (Å²) in [4.78, 5) is 19.0. The molecule has 0 aliphatic heterocycles. The van der Waals surface area contributed by atoms with Crippen LogP contribution in [-0.4, -0.2) is 15.1 Å². The maximum atomic E-state index is 12.1. The highest BCUT2D eigenvalue weighted by Crippen LogP contribution is 2.39. The predicted molar refractivity (Wildman–Crippen MR) is 96.5 cm³/mol. The van der Waals surface area contributed by atoms with Gasteiger partial charge in [0.05, 0.1) is 10.8 Å². The largest absolute Gasteiger partial charge is 0.493 e. The molecule has 1 aromatic heterocycles. The van der Waals surface area contributed by atoms with Crippen LogP contribution in [0.4, 0.5) is 0 Å². The Bertz CT molecular complexity index is 824. The summed E-state index contributed by atoms with van der Waals surface area (Å²) in [5.41, 5.74) is 2.24. The molecule has 3 rings (SSSR count). The van der Waals surface area contributed by atoms with Crippen LogP contribution in [0, 0.1) is 0 Å². The van der Waals surface area contributed by atoms with Crippen molar-refractivity contribution in [2.45, 2.75) is 23.8 Å². The first-order valence-corrected chi connectivity index (χ1v) is 8.65. The number of hydrogen-bond donors (Lipinski definition) is 2. The molecule has 1 heterocycles. The van der Waals surface area contributed by atoms with Crippen molar-refractivity contribution in [3.8, 4) is 5.88 Å². The van der Waals surface area contributed by atoms with Gasteiger partial charge in [0.25, 0.3) is 5.56 Å². The summed E-state index contributed by atoms with van der Waals surface area (Å²) < 4.78 is 0. The van der Waals surface area contributed by atoms with Gasteiger partial charge in [0.2, 0.25) is 5.88 Å². The van der Waals surface area contributed by atoms with E-state index in [0.717, 1.165) is 11.1 Å². The molecular formula is C19H18N2O2S. The second kappa shape index (κ2) is 7.36. The number of aromatic hydroxyl groups is 1. The van der Waals surface area contributed by atoms with E-state index in [1.54, 1.807) is 0 Å². The molecule has 0 atom stereocenters. The molecule has 122 valence electrons. The predicted octanol–water partition coefficient (Wildman–Crippen LogP) is 3.92. The minimum Gasteiger partial charge on any atom is -0.493 e. The Morgan fingerprint density at radius 2 is 1.58 bits per heavy atom. The fourth-order valence-electron chi connectivity index (χ4n) is 2.54. The van der Waals surface area contributed by atoms with E-state index >= 15 is 0 Å². The lowest BCUT2D eigenvalue weighted by Gasteiger charge is -2.17. The summed E-state index contributed by atoms with van der Waals surface area (Å²) >= 11 is 1.42. The van der Waals surface area contributed by atoms with Crippen LogP contribution in [0.25, 0.3) is 0 Å². The first kappa shape index (κ1) is 16.3. The van der Waals surface area contributed by atoms with Crippen molar-refractivity contribution in [1.29, 1.82) is 0 Å². The number of aromatic nitrogens is 2. The minimum absolute atomic E-state index is 0.0255. The third-order valence-corrected chi connectivity index (χ3v) is 4.96. The SMILES string of the molecule is CCc1c(O)nc(SC(c2ccccc2)c2ccccc2)[nH]c1=O. The third-order valence-electron chi connectivity index (χ3n) is 3.76. The first-order valence-electron chi connectivity index (χ1n) is 7.77. The maximum absolute atomic E-state index is 12.1. The molecule has 0 saturated carbocycles. The zero-order chi connectivity index (χ0) is 16.9. The zero-order valence-electron chi connectivity index (χ0n) is 13.3. The van der Waals surface area contributed by atoms with Crippen molar-refractivity contribution in [3.63, 3.8) is 0 Å². The van der Waals surface area contributed by atoms with Crippen LogP contribution in [0.5, 0.6) is 5.88 Å². The average Bonchev–Trinajstić information content (AvgIpc) is 2.61. The van der Waals surface area contributed by atoms with Crippen LogP contribution >= 0.6 is 11.8 Å². The van der Waals surface area contributed by atoms with Crippen molar-refractivity contribution >= 4 is 11.8 Å². The van der Waals surface area contributed by atoms with Crippen molar-refractivity contribution in [2.24, 2.45) is 0 Å². The van der Waals surface area contributed by atoms with Crippen LogP contribution in [0.1, 0.15) is 28.9 Å². The fourth-order valence-corrected chi connectivity index (χ4v) is 3.64. The summed E-state index contributed by atoms with van der Waals surface area (Å²) in [7, 11) is 0. The molecule has 24 heavy (non-hydrogen) atoms. The van der Waals surface area contributed by atoms with Crippen LogP contribution in [0.15, 0.2) is 70.6 Å². The summed E-state index contributed by atoms with van der Waals surface area (Å²) in [6.45, 7) is 1.82. The lowest BCUT2D eigenvalue weighted by atomic mass is 10.0. The number of nitrogens with one attached hydrogen (secondary N) is 1. The number of aromatic amines is 1. The molecule has 0 saturated heterocycles. The number of nitrogens with zero attached hydrogens (tertiary/aromatic N) is 1. The highest BCUT2D eigenvalue weighted by atomic mass is 32.2. The Balaban J connectivity index is 2.01. The minimum atomic E-state index is -0.285. The van der Waals surface area contributed by atoms with Gasteiger partial charge in [-0.25, -0.2) is 0 Å². The monoisotopic (exact) mass is 338 g/mol. The van der Waals surface area contributed by atoms with Crippen molar-refractivity contribution < 1.29 is 5.11 Å². The number of benzene rings is 2. The topological polar surface area (TPSA) is 66.0 Å². The summed E-state index contributed by atoms with van der Waals surface area (Å²) in [5.74, 6) is -0.191. The van der Waals surface area contributed by atoms with E-state index in [2.05, 4.69) is 9.97 Å². The van der Waals surface area contributed by atoms with E-state index in [4.69, 9.17) is 0 Å². The van der Waals surface area contributed by atoms with E-state index in [1.165, 1.54) is 11.8 Å². The van der Waals surface area contributed by atoms with Crippen LogP contribution in [-0.2, 0) is 6.42 Å². The van der Waals surface area contributed by atoms with E-state index < -0.39 is 0 Å². The van der Waals surface area contributed by atoms with Crippen molar-refractivity contribution in [2.75, 3.05) is 0 Å². The molecule has 2 N–H and O–H groups in total. The smallest absolute Gasteiger partial charge is 0.258 e. The lowest BCUT2D eigenvalue weighted by molar-refractivity contribution is 0.436. The lowest BCUT2D eigenvalue weighted by Crippen LogP contribution is -2.14. The maximum Gasteiger partial charge on any atom is 0.258 e. The molecule has 0 fully saturated rings. The molecule has 3 aromatic rings. The number of rotatable bonds is 5. The Morgan fingerprint density at radius 1 is 1.04 bits per heavy atom.